The maximum atomic E-state index is 13.6. The predicted octanol–water partition coefficient (Wildman–Crippen LogP) is 1.75. The highest BCUT2D eigenvalue weighted by Crippen LogP contribution is 2.27. The van der Waals surface area contributed by atoms with E-state index in [0.29, 0.717) is 6.42 Å². The minimum atomic E-state index is -1.27. The van der Waals surface area contributed by atoms with Crippen LogP contribution in [-0.4, -0.2) is 11.9 Å². The molecule has 1 aliphatic carbocycles. The van der Waals surface area contributed by atoms with Crippen LogP contribution < -0.4 is 10.4 Å². The SMILES string of the molecule is O=C([O-])[C@@H]1CC=CC[C@H]1C(=O)Nc1ccc(Cl)cc1F. The Morgan fingerprint density at radius 3 is 2.50 bits per heavy atom. The zero-order valence-electron chi connectivity index (χ0n) is 10.4. The first-order valence-electron chi connectivity index (χ1n) is 6.11. The second kappa shape index (κ2) is 6.05. The number of aliphatic carboxylic acids is 1. The minimum absolute atomic E-state index is 0.0222. The molecule has 1 aliphatic rings. The van der Waals surface area contributed by atoms with Gasteiger partial charge in [-0.05, 0) is 31.0 Å². The van der Waals surface area contributed by atoms with Crippen molar-refractivity contribution >= 4 is 29.2 Å². The van der Waals surface area contributed by atoms with Gasteiger partial charge in [0.15, 0.2) is 0 Å². The molecule has 0 fully saturated rings. The molecule has 2 rings (SSSR count). The Labute approximate surface area is 120 Å². The molecule has 0 heterocycles. The van der Waals surface area contributed by atoms with Gasteiger partial charge in [-0.2, -0.15) is 0 Å². The normalized spacial score (nSPS) is 21.5. The number of carbonyl (C=O) groups excluding carboxylic acids is 2. The van der Waals surface area contributed by atoms with Crippen molar-refractivity contribution in [2.45, 2.75) is 12.8 Å². The third-order valence-electron chi connectivity index (χ3n) is 3.26. The van der Waals surface area contributed by atoms with Crippen LogP contribution in [0.15, 0.2) is 30.4 Å². The Morgan fingerprint density at radius 1 is 1.25 bits per heavy atom. The van der Waals surface area contributed by atoms with Gasteiger partial charge < -0.3 is 15.2 Å². The summed E-state index contributed by atoms with van der Waals surface area (Å²) in [5.74, 6) is -4.13. The average molecular weight is 297 g/mol. The second-order valence-electron chi connectivity index (χ2n) is 4.59. The third-order valence-corrected chi connectivity index (χ3v) is 3.50. The molecule has 1 N–H and O–H groups in total. The lowest BCUT2D eigenvalue weighted by molar-refractivity contribution is -0.313. The van der Waals surface area contributed by atoms with Gasteiger partial charge in [-0.15, -0.1) is 0 Å². The topological polar surface area (TPSA) is 69.2 Å². The van der Waals surface area contributed by atoms with Crippen LogP contribution in [0.1, 0.15) is 12.8 Å². The molecule has 1 amide bonds. The number of hydrogen-bond donors (Lipinski definition) is 1. The fraction of sp³-hybridized carbons (Fsp3) is 0.286. The molecular formula is C14H12ClFNO3-. The summed E-state index contributed by atoms with van der Waals surface area (Å²) in [4.78, 5) is 23.1. The van der Waals surface area contributed by atoms with Crippen LogP contribution in [0.3, 0.4) is 0 Å². The van der Waals surface area contributed by atoms with Crippen LogP contribution in [0.4, 0.5) is 10.1 Å². The van der Waals surface area contributed by atoms with Gasteiger partial charge in [-0.3, -0.25) is 4.79 Å². The molecule has 2 atom stereocenters. The molecule has 0 spiro atoms. The summed E-state index contributed by atoms with van der Waals surface area (Å²) in [6.45, 7) is 0. The lowest BCUT2D eigenvalue weighted by Gasteiger charge is -2.28. The molecule has 20 heavy (non-hydrogen) atoms. The lowest BCUT2D eigenvalue weighted by Crippen LogP contribution is -2.41. The van der Waals surface area contributed by atoms with Crippen LogP contribution in [0.5, 0.6) is 0 Å². The molecule has 0 aliphatic heterocycles. The van der Waals surface area contributed by atoms with Crippen molar-refractivity contribution in [3.8, 4) is 0 Å². The van der Waals surface area contributed by atoms with Gasteiger partial charge >= 0.3 is 0 Å². The molecule has 0 saturated carbocycles. The Bertz CT molecular complexity index is 574. The second-order valence-corrected chi connectivity index (χ2v) is 5.02. The summed E-state index contributed by atoms with van der Waals surface area (Å²) >= 11 is 5.62. The lowest BCUT2D eigenvalue weighted by atomic mass is 9.82. The van der Waals surface area contributed by atoms with E-state index < -0.39 is 29.5 Å². The molecular weight excluding hydrogens is 285 g/mol. The summed E-state index contributed by atoms with van der Waals surface area (Å²) in [5.41, 5.74) is -0.0222. The van der Waals surface area contributed by atoms with Crippen molar-refractivity contribution in [3.05, 3.63) is 41.2 Å². The van der Waals surface area contributed by atoms with Gasteiger partial charge in [-0.25, -0.2) is 4.39 Å². The van der Waals surface area contributed by atoms with Crippen molar-refractivity contribution in [3.63, 3.8) is 0 Å². The molecule has 6 heteroatoms. The highest BCUT2D eigenvalue weighted by molar-refractivity contribution is 6.30. The molecule has 0 radical (unpaired) electrons. The average Bonchev–Trinajstić information content (AvgIpc) is 2.41. The summed E-state index contributed by atoms with van der Waals surface area (Å²) in [6.07, 6.45) is 3.97. The predicted molar refractivity (Wildman–Crippen MR) is 70.4 cm³/mol. The van der Waals surface area contributed by atoms with E-state index >= 15 is 0 Å². The van der Waals surface area contributed by atoms with Crippen LogP contribution >= 0.6 is 11.6 Å². The Balaban J connectivity index is 2.14. The first-order valence-corrected chi connectivity index (χ1v) is 6.48. The molecule has 0 aromatic heterocycles. The number of amides is 1. The maximum Gasteiger partial charge on any atom is 0.228 e. The zero-order chi connectivity index (χ0) is 14.7. The van der Waals surface area contributed by atoms with Crippen molar-refractivity contribution in [1.29, 1.82) is 0 Å². The molecule has 1 aromatic carbocycles. The quantitative estimate of drug-likeness (QED) is 0.864. The Kier molecular flexibility index (Phi) is 4.39. The largest absolute Gasteiger partial charge is 0.550 e. The number of carbonyl (C=O) groups is 2. The van der Waals surface area contributed by atoms with Crippen molar-refractivity contribution in [2.24, 2.45) is 11.8 Å². The fourth-order valence-electron chi connectivity index (χ4n) is 2.18. The number of carboxylic acid groups (broad SMARTS) is 1. The number of hydrogen-bond acceptors (Lipinski definition) is 3. The van der Waals surface area contributed by atoms with E-state index in [1.165, 1.54) is 12.1 Å². The zero-order valence-corrected chi connectivity index (χ0v) is 11.2. The standard InChI is InChI=1S/C14H13ClFNO3/c15-8-5-6-12(11(16)7-8)17-13(18)9-3-1-2-4-10(9)14(19)20/h1-2,5-7,9-10H,3-4H2,(H,17,18)(H,19,20)/p-1/t9-,10-/m1/s1. The van der Waals surface area contributed by atoms with Gasteiger partial charge in [0, 0.05) is 16.9 Å². The number of benzene rings is 1. The highest BCUT2D eigenvalue weighted by Gasteiger charge is 2.30. The van der Waals surface area contributed by atoms with E-state index in [4.69, 9.17) is 11.6 Å². The van der Waals surface area contributed by atoms with Gasteiger partial charge in [0.1, 0.15) is 5.82 Å². The molecule has 1 aromatic rings. The number of allylic oxidation sites excluding steroid dienone is 2. The van der Waals surface area contributed by atoms with E-state index in [0.717, 1.165) is 6.07 Å². The van der Waals surface area contributed by atoms with Crippen molar-refractivity contribution in [2.75, 3.05) is 5.32 Å². The molecule has 0 saturated heterocycles. The summed E-state index contributed by atoms with van der Waals surface area (Å²) in [7, 11) is 0. The van der Waals surface area contributed by atoms with Crippen LogP contribution in [0.25, 0.3) is 0 Å². The number of halogens is 2. The van der Waals surface area contributed by atoms with Gasteiger partial charge in [-0.1, -0.05) is 23.8 Å². The maximum absolute atomic E-state index is 13.6. The molecule has 106 valence electrons. The van der Waals surface area contributed by atoms with E-state index in [9.17, 15) is 19.1 Å². The van der Waals surface area contributed by atoms with Gasteiger partial charge in [0.05, 0.1) is 11.6 Å². The van der Waals surface area contributed by atoms with E-state index in [1.54, 1.807) is 12.2 Å². The first kappa shape index (κ1) is 14.5. The third kappa shape index (κ3) is 3.17. The fourth-order valence-corrected chi connectivity index (χ4v) is 2.34. The number of rotatable bonds is 3. The molecule has 0 unspecified atom stereocenters. The van der Waals surface area contributed by atoms with Crippen molar-refractivity contribution in [1.82, 2.24) is 0 Å². The Hall–Kier alpha value is -1.88. The Morgan fingerprint density at radius 2 is 1.90 bits per heavy atom. The van der Waals surface area contributed by atoms with E-state index in [1.807, 2.05) is 0 Å². The highest BCUT2D eigenvalue weighted by atomic mass is 35.5. The molecule has 0 bridgehead atoms. The van der Waals surface area contributed by atoms with E-state index in [2.05, 4.69) is 5.32 Å². The van der Waals surface area contributed by atoms with Crippen molar-refractivity contribution < 1.29 is 19.1 Å². The van der Waals surface area contributed by atoms with Crippen LogP contribution in [0.2, 0.25) is 5.02 Å². The van der Waals surface area contributed by atoms with E-state index in [-0.39, 0.29) is 17.1 Å². The van der Waals surface area contributed by atoms with Gasteiger partial charge in [0.25, 0.3) is 0 Å². The van der Waals surface area contributed by atoms with Crippen LogP contribution in [0, 0.1) is 17.7 Å². The minimum Gasteiger partial charge on any atom is -0.550 e. The first-order chi connectivity index (χ1) is 9.49. The summed E-state index contributed by atoms with van der Waals surface area (Å²) < 4.78 is 13.6. The number of anilines is 1. The summed E-state index contributed by atoms with van der Waals surface area (Å²) in [6, 6.07) is 3.85. The smallest absolute Gasteiger partial charge is 0.228 e. The monoisotopic (exact) mass is 296 g/mol. The summed E-state index contributed by atoms with van der Waals surface area (Å²) in [5, 5.41) is 13.6. The number of nitrogens with one attached hydrogen (secondary N) is 1. The molecule has 4 nitrogen and oxygen atoms in total. The van der Waals surface area contributed by atoms with Crippen LogP contribution in [-0.2, 0) is 9.59 Å². The van der Waals surface area contributed by atoms with Gasteiger partial charge in [0.2, 0.25) is 5.91 Å². The number of carboxylic acids is 1.